The van der Waals surface area contributed by atoms with Gasteiger partial charge in [0, 0.05) is 45.0 Å². The fraction of sp³-hybridized carbons (Fsp3) is 0.542. The first-order valence-corrected chi connectivity index (χ1v) is 11.8. The zero-order valence-electron chi connectivity index (χ0n) is 21.5. The van der Waals surface area contributed by atoms with Gasteiger partial charge in [-0.15, -0.1) is 10.2 Å². The SMILES string of the molecule is Cc1cc(CN2CCN(C(=O)OC(C)(C)C)[C@@H](C)C2)c(C)c(Nc2nnc(-c3cnnn3C)o2)c1. The summed E-state index contributed by atoms with van der Waals surface area (Å²) in [6.07, 6.45) is 1.33. The van der Waals surface area contributed by atoms with E-state index in [2.05, 4.69) is 63.6 Å². The van der Waals surface area contributed by atoms with Crippen molar-refractivity contribution >= 4 is 17.8 Å². The van der Waals surface area contributed by atoms with Crippen molar-refractivity contribution in [1.82, 2.24) is 35.0 Å². The molecule has 1 aromatic carbocycles. The largest absolute Gasteiger partial charge is 0.444 e. The second kappa shape index (κ2) is 9.65. The van der Waals surface area contributed by atoms with E-state index in [0.29, 0.717) is 24.1 Å². The lowest BCUT2D eigenvalue weighted by Crippen LogP contribution is -2.54. The van der Waals surface area contributed by atoms with E-state index in [4.69, 9.17) is 9.15 Å². The zero-order valence-corrected chi connectivity index (χ0v) is 21.5. The highest BCUT2D eigenvalue weighted by molar-refractivity contribution is 5.68. The van der Waals surface area contributed by atoms with Crippen LogP contribution < -0.4 is 5.32 Å². The average molecular weight is 483 g/mol. The van der Waals surface area contributed by atoms with Gasteiger partial charge in [-0.1, -0.05) is 16.4 Å². The number of nitrogens with one attached hydrogen (secondary N) is 1. The van der Waals surface area contributed by atoms with Gasteiger partial charge < -0.3 is 19.4 Å². The molecule has 0 unspecified atom stereocenters. The quantitative estimate of drug-likeness (QED) is 0.582. The van der Waals surface area contributed by atoms with Crippen molar-refractivity contribution in [3.05, 3.63) is 35.0 Å². The highest BCUT2D eigenvalue weighted by Crippen LogP contribution is 2.28. The van der Waals surface area contributed by atoms with Crippen molar-refractivity contribution < 1.29 is 13.9 Å². The van der Waals surface area contributed by atoms with Gasteiger partial charge in [0.2, 0.25) is 0 Å². The topological polar surface area (TPSA) is 114 Å². The van der Waals surface area contributed by atoms with Crippen molar-refractivity contribution in [3.8, 4) is 11.6 Å². The molecule has 1 aliphatic heterocycles. The number of benzene rings is 1. The molecular formula is C24H34N8O3. The Labute approximate surface area is 205 Å². The van der Waals surface area contributed by atoms with Crippen LogP contribution >= 0.6 is 0 Å². The molecule has 0 radical (unpaired) electrons. The van der Waals surface area contributed by atoms with Crippen molar-refractivity contribution in [2.45, 2.75) is 59.7 Å². The highest BCUT2D eigenvalue weighted by atomic mass is 16.6. The number of piperazine rings is 1. The van der Waals surface area contributed by atoms with Crippen molar-refractivity contribution in [2.24, 2.45) is 7.05 Å². The maximum absolute atomic E-state index is 12.6. The smallest absolute Gasteiger partial charge is 0.410 e. The number of anilines is 2. The van der Waals surface area contributed by atoms with Crippen LogP contribution in [0.2, 0.25) is 0 Å². The number of aromatic nitrogens is 5. The second-order valence-electron chi connectivity index (χ2n) is 10.1. The maximum atomic E-state index is 12.6. The van der Waals surface area contributed by atoms with E-state index in [1.54, 1.807) is 17.9 Å². The first-order valence-electron chi connectivity index (χ1n) is 11.8. The molecule has 11 heteroatoms. The Morgan fingerprint density at radius 2 is 2.00 bits per heavy atom. The predicted octanol–water partition coefficient (Wildman–Crippen LogP) is 3.67. The van der Waals surface area contributed by atoms with Gasteiger partial charge in [0.15, 0.2) is 0 Å². The van der Waals surface area contributed by atoms with E-state index in [1.165, 1.54) is 5.56 Å². The number of carbonyl (C=O) groups is 1. The summed E-state index contributed by atoms with van der Waals surface area (Å²) in [5.74, 6) is 0.349. The Balaban J connectivity index is 1.44. The Morgan fingerprint density at radius 1 is 1.23 bits per heavy atom. The van der Waals surface area contributed by atoms with E-state index in [1.807, 2.05) is 25.7 Å². The van der Waals surface area contributed by atoms with Crippen LogP contribution in [0.3, 0.4) is 0 Å². The van der Waals surface area contributed by atoms with Gasteiger partial charge in [-0.2, -0.15) is 0 Å². The zero-order chi connectivity index (χ0) is 25.3. The molecule has 1 fully saturated rings. The lowest BCUT2D eigenvalue weighted by atomic mass is 10.0. The predicted molar refractivity (Wildman–Crippen MR) is 131 cm³/mol. The van der Waals surface area contributed by atoms with Crippen LogP contribution in [-0.4, -0.2) is 72.4 Å². The number of ether oxygens (including phenoxy) is 1. The summed E-state index contributed by atoms with van der Waals surface area (Å²) in [4.78, 5) is 16.7. The number of carbonyl (C=O) groups excluding carboxylic acids is 1. The first-order chi connectivity index (χ1) is 16.5. The third kappa shape index (κ3) is 5.79. The first kappa shape index (κ1) is 24.6. The minimum absolute atomic E-state index is 0.0691. The lowest BCUT2D eigenvalue weighted by Gasteiger charge is -2.40. The molecule has 4 rings (SSSR count). The van der Waals surface area contributed by atoms with E-state index >= 15 is 0 Å². The van der Waals surface area contributed by atoms with Crippen LogP contribution in [-0.2, 0) is 18.3 Å². The summed E-state index contributed by atoms with van der Waals surface area (Å²) in [5.41, 5.74) is 4.51. The van der Waals surface area contributed by atoms with Gasteiger partial charge >= 0.3 is 12.1 Å². The van der Waals surface area contributed by atoms with Crippen molar-refractivity contribution in [3.63, 3.8) is 0 Å². The number of aryl methyl sites for hydroxylation is 2. The summed E-state index contributed by atoms with van der Waals surface area (Å²) in [5, 5.41) is 19.2. The molecule has 1 atom stereocenters. The van der Waals surface area contributed by atoms with E-state index < -0.39 is 5.60 Å². The van der Waals surface area contributed by atoms with Crippen LogP contribution in [0.4, 0.5) is 16.5 Å². The minimum atomic E-state index is -0.496. The molecule has 188 valence electrons. The van der Waals surface area contributed by atoms with Gasteiger partial charge in [0.25, 0.3) is 5.89 Å². The Morgan fingerprint density at radius 3 is 2.66 bits per heavy atom. The fourth-order valence-electron chi connectivity index (χ4n) is 4.21. The fourth-order valence-corrected chi connectivity index (χ4v) is 4.21. The monoisotopic (exact) mass is 482 g/mol. The van der Waals surface area contributed by atoms with Gasteiger partial charge in [-0.25, -0.2) is 9.48 Å². The molecule has 35 heavy (non-hydrogen) atoms. The Kier molecular flexibility index (Phi) is 6.79. The Bertz CT molecular complexity index is 1200. The summed E-state index contributed by atoms with van der Waals surface area (Å²) in [7, 11) is 1.77. The molecule has 0 spiro atoms. The van der Waals surface area contributed by atoms with Crippen LogP contribution in [0.15, 0.2) is 22.7 Å². The molecule has 3 heterocycles. The van der Waals surface area contributed by atoms with Gasteiger partial charge in [0.1, 0.15) is 11.3 Å². The van der Waals surface area contributed by atoms with Crippen LogP contribution in [0.1, 0.15) is 44.4 Å². The summed E-state index contributed by atoms with van der Waals surface area (Å²) in [6.45, 7) is 14.9. The third-order valence-corrected chi connectivity index (χ3v) is 5.99. The van der Waals surface area contributed by atoms with Gasteiger partial charge in [-0.05, 0) is 64.3 Å². The van der Waals surface area contributed by atoms with E-state index in [9.17, 15) is 4.79 Å². The van der Waals surface area contributed by atoms with E-state index in [-0.39, 0.29) is 12.1 Å². The molecule has 3 aromatic rings. The molecule has 0 aliphatic carbocycles. The van der Waals surface area contributed by atoms with Crippen LogP contribution in [0, 0.1) is 13.8 Å². The number of nitrogens with zero attached hydrogens (tertiary/aromatic N) is 7. The number of hydrogen-bond acceptors (Lipinski definition) is 9. The number of amides is 1. The molecular weight excluding hydrogens is 448 g/mol. The van der Waals surface area contributed by atoms with Crippen molar-refractivity contribution in [1.29, 1.82) is 0 Å². The molecule has 2 aromatic heterocycles. The van der Waals surface area contributed by atoms with Gasteiger partial charge in [0.05, 0.1) is 6.20 Å². The molecule has 11 nitrogen and oxygen atoms in total. The molecule has 0 saturated carbocycles. The highest BCUT2D eigenvalue weighted by Gasteiger charge is 2.31. The molecule has 1 saturated heterocycles. The van der Waals surface area contributed by atoms with Crippen LogP contribution in [0.5, 0.6) is 0 Å². The summed E-state index contributed by atoms with van der Waals surface area (Å²) < 4.78 is 12.9. The minimum Gasteiger partial charge on any atom is -0.444 e. The lowest BCUT2D eigenvalue weighted by molar-refractivity contribution is 0.000539. The average Bonchev–Trinajstić information content (AvgIpc) is 3.38. The molecule has 0 bridgehead atoms. The third-order valence-electron chi connectivity index (χ3n) is 5.99. The standard InChI is InChI=1S/C24H34N8O3/c1-15-10-18(14-31-8-9-32(16(2)13-31)23(33)35-24(4,5)6)17(3)19(11-15)26-22-28-27-21(34-22)20-12-25-29-30(20)7/h10-12,16H,8-9,13-14H2,1-7H3,(H,26,28)/t16-/m0/s1. The van der Waals surface area contributed by atoms with Crippen LogP contribution in [0.25, 0.3) is 11.6 Å². The number of rotatable bonds is 5. The normalized spacial score (nSPS) is 17.0. The molecule has 1 amide bonds. The van der Waals surface area contributed by atoms with Crippen molar-refractivity contribution in [2.75, 3.05) is 25.0 Å². The number of hydrogen-bond donors (Lipinski definition) is 1. The Hall–Kier alpha value is -3.47. The molecule has 1 aliphatic rings. The van der Waals surface area contributed by atoms with E-state index in [0.717, 1.165) is 36.4 Å². The maximum Gasteiger partial charge on any atom is 0.410 e. The van der Waals surface area contributed by atoms with Gasteiger partial charge in [-0.3, -0.25) is 4.90 Å². The second-order valence-corrected chi connectivity index (χ2v) is 10.1. The summed E-state index contributed by atoms with van der Waals surface area (Å²) in [6, 6.07) is 4.64. The summed E-state index contributed by atoms with van der Waals surface area (Å²) >= 11 is 0. The molecule has 1 N–H and O–H groups in total.